The van der Waals surface area contributed by atoms with E-state index in [1.54, 1.807) is 29.8 Å². The highest BCUT2D eigenvalue weighted by molar-refractivity contribution is 8.23. The number of aromatic hydroxyl groups is 1. The van der Waals surface area contributed by atoms with Gasteiger partial charge in [0.1, 0.15) is 15.2 Å². The zero-order valence-corrected chi connectivity index (χ0v) is 17.0. The van der Waals surface area contributed by atoms with E-state index in [0.717, 1.165) is 5.56 Å². The second-order valence-corrected chi connectivity index (χ2v) is 9.20. The van der Waals surface area contributed by atoms with E-state index in [-0.39, 0.29) is 28.6 Å². The number of fused-ring (bicyclic) bond motifs is 2. The van der Waals surface area contributed by atoms with Crippen molar-refractivity contribution in [1.82, 2.24) is 9.55 Å². The van der Waals surface area contributed by atoms with Crippen LogP contribution in [0.1, 0.15) is 11.1 Å². The Morgan fingerprint density at radius 3 is 2.60 bits per heavy atom. The highest BCUT2D eigenvalue weighted by Gasteiger charge is 2.30. The van der Waals surface area contributed by atoms with Gasteiger partial charge in [-0.2, -0.15) is 0 Å². The minimum Gasteiger partial charge on any atom is -0.505 e. The van der Waals surface area contributed by atoms with Crippen LogP contribution in [0.15, 0.2) is 74.2 Å². The van der Waals surface area contributed by atoms with Gasteiger partial charge in [-0.15, -0.1) is 15.7 Å². The maximum atomic E-state index is 13.4. The van der Waals surface area contributed by atoms with E-state index in [1.165, 1.54) is 15.9 Å². The molecule has 0 fully saturated rings. The molecule has 0 saturated carbocycles. The SMILES string of the molecule is O=c1c(C2=NS(O)(O)c3ccccc3N2)c(O)c2scnc2n1Cc1ccccc1. The van der Waals surface area contributed by atoms with Crippen LogP contribution >= 0.6 is 22.1 Å². The number of nitrogens with zero attached hydrogens (tertiary/aromatic N) is 3. The lowest BCUT2D eigenvalue weighted by Crippen LogP contribution is -2.32. The van der Waals surface area contributed by atoms with Crippen LogP contribution in [0, 0.1) is 0 Å². The van der Waals surface area contributed by atoms with Gasteiger partial charge in [-0.25, -0.2) is 4.98 Å². The van der Waals surface area contributed by atoms with Gasteiger partial charge in [0.05, 0.1) is 17.7 Å². The van der Waals surface area contributed by atoms with Gasteiger partial charge in [0.25, 0.3) is 5.56 Å². The van der Waals surface area contributed by atoms with Gasteiger partial charge < -0.3 is 10.4 Å². The fourth-order valence-electron chi connectivity index (χ4n) is 3.41. The first-order valence-corrected chi connectivity index (χ1v) is 11.3. The van der Waals surface area contributed by atoms with Crippen LogP contribution in [0.3, 0.4) is 0 Å². The lowest BCUT2D eigenvalue weighted by atomic mass is 10.1. The van der Waals surface area contributed by atoms with E-state index in [9.17, 15) is 19.0 Å². The lowest BCUT2D eigenvalue weighted by Gasteiger charge is -2.34. The molecule has 1 aliphatic rings. The van der Waals surface area contributed by atoms with Gasteiger partial charge in [0.2, 0.25) is 0 Å². The molecule has 0 unspecified atom stereocenters. The molecular weight excluding hydrogens is 424 g/mol. The third-order valence-electron chi connectivity index (χ3n) is 4.79. The van der Waals surface area contributed by atoms with Crippen molar-refractivity contribution in [1.29, 1.82) is 0 Å². The molecular formula is C20H16N4O4S2. The number of amidine groups is 1. The maximum Gasteiger partial charge on any atom is 0.267 e. The number of rotatable bonds is 3. The summed E-state index contributed by atoms with van der Waals surface area (Å²) in [6, 6.07) is 16.0. The van der Waals surface area contributed by atoms with Crippen molar-refractivity contribution >= 4 is 44.0 Å². The highest BCUT2D eigenvalue weighted by Crippen LogP contribution is 2.55. The van der Waals surface area contributed by atoms with Crippen LogP contribution in [-0.2, 0) is 6.54 Å². The van der Waals surface area contributed by atoms with Crippen molar-refractivity contribution in [2.24, 2.45) is 4.40 Å². The van der Waals surface area contributed by atoms with Gasteiger partial charge in [0, 0.05) is 0 Å². The second-order valence-electron chi connectivity index (χ2n) is 6.69. The fraction of sp³-hybridized carbons (Fsp3) is 0.0500. The van der Waals surface area contributed by atoms with E-state index < -0.39 is 16.3 Å². The Morgan fingerprint density at radius 2 is 1.80 bits per heavy atom. The van der Waals surface area contributed by atoms with Crippen LogP contribution in [0.2, 0.25) is 0 Å². The van der Waals surface area contributed by atoms with Crippen molar-refractivity contribution in [2.75, 3.05) is 5.32 Å². The Balaban J connectivity index is 1.73. The average Bonchev–Trinajstić information content (AvgIpc) is 3.22. The first kappa shape index (κ1) is 18.8. The van der Waals surface area contributed by atoms with E-state index in [4.69, 9.17) is 0 Å². The molecule has 0 spiro atoms. The zero-order valence-electron chi connectivity index (χ0n) is 15.4. The van der Waals surface area contributed by atoms with E-state index in [0.29, 0.717) is 16.0 Å². The Kier molecular flexibility index (Phi) is 4.36. The quantitative estimate of drug-likeness (QED) is 0.381. The molecule has 152 valence electrons. The van der Waals surface area contributed by atoms with E-state index in [1.807, 2.05) is 30.3 Å². The van der Waals surface area contributed by atoms with Crippen LogP contribution in [0.25, 0.3) is 10.3 Å². The van der Waals surface area contributed by atoms with Crippen molar-refractivity contribution in [3.63, 3.8) is 0 Å². The third-order valence-corrected chi connectivity index (χ3v) is 6.99. The molecule has 4 N–H and O–H groups in total. The predicted octanol–water partition coefficient (Wildman–Crippen LogP) is 4.11. The minimum atomic E-state index is -3.53. The van der Waals surface area contributed by atoms with Crippen molar-refractivity contribution < 1.29 is 14.2 Å². The number of thiazole rings is 1. The molecule has 3 heterocycles. The van der Waals surface area contributed by atoms with Crippen LogP contribution in [-0.4, -0.2) is 29.6 Å². The molecule has 0 atom stereocenters. The summed E-state index contributed by atoms with van der Waals surface area (Å²) in [4.78, 5) is 17.9. The van der Waals surface area contributed by atoms with Crippen LogP contribution in [0.4, 0.5) is 5.69 Å². The maximum absolute atomic E-state index is 13.4. The predicted molar refractivity (Wildman–Crippen MR) is 119 cm³/mol. The van der Waals surface area contributed by atoms with Crippen molar-refractivity contribution in [3.8, 4) is 5.75 Å². The normalized spacial score (nSPS) is 15.9. The summed E-state index contributed by atoms with van der Waals surface area (Å²) >= 11 is 1.19. The highest BCUT2D eigenvalue weighted by atomic mass is 32.3. The molecule has 8 nitrogen and oxygen atoms in total. The van der Waals surface area contributed by atoms with Gasteiger partial charge in [-0.3, -0.25) is 18.5 Å². The van der Waals surface area contributed by atoms with Crippen LogP contribution in [0.5, 0.6) is 5.75 Å². The monoisotopic (exact) mass is 440 g/mol. The largest absolute Gasteiger partial charge is 0.505 e. The second kappa shape index (κ2) is 6.96. The topological polar surface area (TPSA) is 120 Å². The summed E-state index contributed by atoms with van der Waals surface area (Å²) < 4.78 is 26.9. The molecule has 0 radical (unpaired) electrons. The summed E-state index contributed by atoms with van der Waals surface area (Å²) in [5, 5.41) is 13.8. The molecule has 2 aromatic carbocycles. The summed E-state index contributed by atoms with van der Waals surface area (Å²) in [5.41, 5.74) is 2.55. The number of anilines is 1. The molecule has 4 aromatic rings. The van der Waals surface area contributed by atoms with E-state index >= 15 is 0 Å². The van der Waals surface area contributed by atoms with Gasteiger partial charge >= 0.3 is 0 Å². The number of hydrogen-bond donors (Lipinski definition) is 4. The Morgan fingerprint density at radius 1 is 1.07 bits per heavy atom. The number of benzene rings is 2. The lowest BCUT2D eigenvalue weighted by molar-refractivity contribution is 0.478. The molecule has 30 heavy (non-hydrogen) atoms. The minimum absolute atomic E-state index is 0.0895. The molecule has 0 amide bonds. The number of nitrogens with one attached hydrogen (secondary N) is 1. The van der Waals surface area contributed by atoms with E-state index in [2.05, 4.69) is 14.7 Å². The number of para-hydroxylation sites is 1. The summed E-state index contributed by atoms with van der Waals surface area (Å²) in [6.45, 7) is 0.243. The average molecular weight is 441 g/mol. The molecule has 0 saturated heterocycles. The zero-order chi connectivity index (χ0) is 20.9. The van der Waals surface area contributed by atoms with Crippen molar-refractivity contribution in [2.45, 2.75) is 11.4 Å². The number of aromatic nitrogens is 2. The molecule has 0 aliphatic carbocycles. The molecule has 2 aromatic heterocycles. The molecule has 5 rings (SSSR count). The molecule has 10 heteroatoms. The van der Waals surface area contributed by atoms with Crippen LogP contribution < -0.4 is 10.9 Å². The Bertz CT molecular complexity index is 1360. The summed E-state index contributed by atoms with van der Waals surface area (Å²) in [7, 11) is -3.53. The summed E-state index contributed by atoms with van der Waals surface area (Å²) in [5.74, 6) is -0.379. The van der Waals surface area contributed by atoms with Gasteiger partial charge in [0.15, 0.2) is 17.2 Å². The Hall–Kier alpha value is -3.18. The molecule has 0 bridgehead atoms. The Labute approximate surface area is 176 Å². The number of hydrogen-bond acceptors (Lipinski definition) is 8. The first-order valence-electron chi connectivity index (χ1n) is 8.93. The van der Waals surface area contributed by atoms with Gasteiger partial charge in [-0.1, -0.05) is 53.2 Å². The van der Waals surface area contributed by atoms with Gasteiger partial charge in [-0.05, 0) is 17.7 Å². The summed E-state index contributed by atoms with van der Waals surface area (Å²) in [6.07, 6.45) is 0. The molecule has 1 aliphatic heterocycles. The third kappa shape index (κ3) is 2.97. The van der Waals surface area contributed by atoms with Crippen molar-refractivity contribution in [3.05, 3.63) is 81.6 Å². The first-order chi connectivity index (χ1) is 14.5. The smallest absolute Gasteiger partial charge is 0.267 e. The fourth-order valence-corrected chi connectivity index (χ4v) is 5.32. The standard InChI is InChI=1S/C20H16N4O4S2/c25-16-15(18-22-13-8-4-5-9-14(13)30(27,28)23-18)20(26)24(19-17(16)29-11-21-19)10-12-6-2-1-3-7-12/h1-9,11,25,27-28H,10H2,(H,22,23). The number of pyridine rings is 1.